The summed E-state index contributed by atoms with van der Waals surface area (Å²) in [7, 11) is 0. The Kier molecular flexibility index (Phi) is 5.00. The minimum Gasteiger partial charge on any atom is -0.507 e. The molecule has 9 heteroatoms. The van der Waals surface area contributed by atoms with Gasteiger partial charge in [-0.2, -0.15) is 5.10 Å². The first-order valence-corrected chi connectivity index (χ1v) is 10.5. The molecule has 0 amide bonds. The van der Waals surface area contributed by atoms with E-state index in [0.717, 1.165) is 26.4 Å². The number of hydrogen-bond donors (Lipinski definition) is 2. The second-order valence-electron chi connectivity index (χ2n) is 7.04. The number of nitrogens with one attached hydrogen (secondary N) is 1. The number of rotatable bonds is 6. The Balaban J connectivity index is 1.37. The van der Waals surface area contributed by atoms with Crippen LogP contribution in [0.25, 0.3) is 32.0 Å². The van der Waals surface area contributed by atoms with Crippen molar-refractivity contribution in [2.75, 3.05) is 0 Å². The molecule has 2 aromatic heterocycles. The number of hydrogen-bond acceptors (Lipinski definition) is 7. The van der Waals surface area contributed by atoms with E-state index in [1.54, 1.807) is 41.8 Å². The van der Waals surface area contributed by atoms with Gasteiger partial charge in [0.05, 0.1) is 32.6 Å². The van der Waals surface area contributed by atoms with Gasteiger partial charge in [0.15, 0.2) is 0 Å². The number of nitro benzene ring substituents is 1. The smallest absolute Gasteiger partial charge is 0.269 e. The Morgan fingerprint density at radius 1 is 1.06 bits per heavy atom. The van der Waals surface area contributed by atoms with Crippen molar-refractivity contribution in [2.24, 2.45) is 0 Å². The number of thiazole rings is 1. The number of H-pyrrole nitrogens is 1. The third kappa shape index (κ3) is 3.77. The number of non-ortho nitro benzene ring substituents is 1. The van der Waals surface area contributed by atoms with E-state index < -0.39 is 4.92 Å². The predicted molar refractivity (Wildman–Crippen MR) is 122 cm³/mol. The lowest BCUT2D eigenvalue weighted by Gasteiger charge is -2.09. The first-order chi connectivity index (χ1) is 15.6. The number of phenols is 1. The van der Waals surface area contributed by atoms with Crippen LogP contribution in [0.1, 0.15) is 5.56 Å². The highest BCUT2D eigenvalue weighted by Gasteiger charge is 2.17. The van der Waals surface area contributed by atoms with E-state index in [0.29, 0.717) is 17.0 Å². The number of phenolic OH excluding ortho intramolecular Hbond substituents is 1. The Bertz CT molecular complexity index is 1390. The number of aromatic amines is 1. The number of nitrogens with zero attached hydrogens (tertiary/aromatic N) is 3. The lowest BCUT2D eigenvalue weighted by molar-refractivity contribution is -0.384. The zero-order chi connectivity index (χ0) is 22.1. The monoisotopic (exact) mass is 444 g/mol. The Hall–Kier alpha value is -4.24. The van der Waals surface area contributed by atoms with Gasteiger partial charge >= 0.3 is 0 Å². The van der Waals surface area contributed by atoms with Gasteiger partial charge in [-0.3, -0.25) is 15.2 Å². The summed E-state index contributed by atoms with van der Waals surface area (Å²) in [5.41, 5.74) is 3.79. The van der Waals surface area contributed by atoms with E-state index >= 15 is 0 Å². The molecule has 0 fully saturated rings. The molecule has 0 atom stereocenters. The Morgan fingerprint density at radius 2 is 1.88 bits per heavy atom. The van der Waals surface area contributed by atoms with Gasteiger partial charge in [-0.25, -0.2) is 4.98 Å². The largest absolute Gasteiger partial charge is 0.507 e. The maximum Gasteiger partial charge on any atom is 0.269 e. The van der Waals surface area contributed by atoms with Crippen molar-refractivity contribution in [1.29, 1.82) is 0 Å². The van der Waals surface area contributed by atoms with E-state index in [4.69, 9.17) is 4.74 Å². The maximum atomic E-state index is 10.8. The molecule has 32 heavy (non-hydrogen) atoms. The molecule has 0 saturated carbocycles. The van der Waals surface area contributed by atoms with Crippen LogP contribution in [0.15, 0.2) is 72.9 Å². The molecule has 0 unspecified atom stereocenters. The van der Waals surface area contributed by atoms with Crippen molar-refractivity contribution in [1.82, 2.24) is 15.2 Å². The van der Waals surface area contributed by atoms with Crippen LogP contribution in [0.3, 0.4) is 0 Å². The van der Waals surface area contributed by atoms with Gasteiger partial charge in [-0.05, 0) is 42.0 Å². The molecule has 3 aromatic carbocycles. The summed E-state index contributed by atoms with van der Waals surface area (Å²) in [4.78, 5) is 15.0. The molecule has 0 saturated heterocycles. The van der Waals surface area contributed by atoms with Crippen LogP contribution in [0.5, 0.6) is 11.5 Å². The standard InChI is InChI=1S/C23H16N4O4S/c28-20-11-16(31-13-14-5-7-15(8-6-14)27(29)30)9-10-17(20)22-18(12-24-26-22)23-25-19-3-1-2-4-21(19)32-23/h1-12,28H,13H2,(H,24,26). The summed E-state index contributed by atoms with van der Waals surface area (Å²) < 4.78 is 6.81. The van der Waals surface area contributed by atoms with Crippen molar-refractivity contribution in [3.63, 3.8) is 0 Å². The molecule has 0 aliphatic heterocycles. The zero-order valence-corrected chi connectivity index (χ0v) is 17.4. The van der Waals surface area contributed by atoms with Crippen LogP contribution >= 0.6 is 11.3 Å². The fraction of sp³-hybridized carbons (Fsp3) is 0.0435. The second kappa shape index (κ2) is 8.12. The number of fused-ring (bicyclic) bond motifs is 1. The molecule has 5 rings (SSSR count). The molecule has 2 heterocycles. The highest BCUT2D eigenvalue weighted by molar-refractivity contribution is 7.21. The summed E-state index contributed by atoms with van der Waals surface area (Å²) in [5.74, 6) is 0.517. The summed E-state index contributed by atoms with van der Waals surface area (Å²) in [6, 6.07) is 19.1. The van der Waals surface area contributed by atoms with Crippen molar-refractivity contribution in [3.8, 4) is 33.3 Å². The normalized spacial score (nSPS) is 11.0. The molecular formula is C23H16N4O4S. The molecule has 0 bridgehead atoms. The molecule has 0 aliphatic carbocycles. The summed E-state index contributed by atoms with van der Waals surface area (Å²) in [6.07, 6.45) is 1.70. The van der Waals surface area contributed by atoms with E-state index in [2.05, 4.69) is 15.2 Å². The molecule has 0 radical (unpaired) electrons. The summed E-state index contributed by atoms with van der Waals surface area (Å²) in [6.45, 7) is 0.220. The highest BCUT2D eigenvalue weighted by Crippen LogP contribution is 2.39. The van der Waals surface area contributed by atoms with Crippen molar-refractivity contribution < 1.29 is 14.8 Å². The quantitative estimate of drug-likeness (QED) is 0.262. The molecule has 158 valence electrons. The number of benzene rings is 3. The van der Waals surface area contributed by atoms with Crippen molar-refractivity contribution >= 4 is 27.2 Å². The number of aromatic hydroxyl groups is 1. The van der Waals surface area contributed by atoms with E-state index in [1.807, 2.05) is 24.3 Å². The van der Waals surface area contributed by atoms with Crippen molar-refractivity contribution in [3.05, 3.63) is 88.6 Å². The van der Waals surface area contributed by atoms with Crippen LogP contribution in [0, 0.1) is 10.1 Å². The minimum atomic E-state index is -0.445. The number of aromatic nitrogens is 3. The van der Waals surface area contributed by atoms with Gasteiger partial charge in [0.1, 0.15) is 23.1 Å². The van der Waals surface area contributed by atoms with Gasteiger partial charge < -0.3 is 9.84 Å². The Morgan fingerprint density at radius 3 is 2.62 bits per heavy atom. The van der Waals surface area contributed by atoms with Crippen LogP contribution < -0.4 is 4.74 Å². The Labute approximate surface area is 185 Å². The topological polar surface area (TPSA) is 114 Å². The number of nitro groups is 1. The van der Waals surface area contributed by atoms with E-state index in [-0.39, 0.29) is 18.0 Å². The fourth-order valence-electron chi connectivity index (χ4n) is 3.33. The molecule has 0 aliphatic rings. The molecule has 0 spiro atoms. The third-order valence-electron chi connectivity index (χ3n) is 4.95. The van der Waals surface area contributed by atoms with Crippen LogP contribution in [-0.4, -0.2) is 25.2 Å². The average molecular weight is 444 g/mol. The van der Waals surface area contributed by atoms with Crippen LogP contribution in [0.4, 0.5) is 5.69 Å². The van der Waals surface area contributed by atoms with Gasteiger partial charge in [0.25, 0.3) is 5.69 Å². The molecular weight excluding hydrogens is 428 g/mol. The molecule has 5 aromatic rings. The molecule has 2 N–H and O–H groups in total. The highest BCUT2D eigenvalue weighted by atomic mass is 32.1. The van der Waals surface area contributed by atoms with Gasteiger partial charge in [0.2, 0.25) is 0 Å². The number of ether oxygens (including phenoxy) is 1. The predicted octanol–water partition coefficient (Wildman–Crippen LogP) is 5.55. The average Bonchev–Trinajstić information content (AvgIpc) is 3.45. The number of para-hydroxylation sites is 1. The summed E-state index contributed by atoms with van der Waals surface area (Å²) >= 11 is 1.56. The van der Waals surface area contributed by atoms with Gasteiger partial charge in [-0.15, -0.1) is 11.3 Å². The third-order valence-corrected chi connectivity index (χ3v) is 6.02. The first kappa shape index (κ1) is 19.7. The molecule has 8 nitrogen and oxygen atoms in total. The maximum absolute atomic E-state index is 10.8. The van der Waals surface area contributed by atoms with Gasteiger partial charge in [0, 0.05) is 23.8 Å². The SMILES string of the molecule is O=[N+]([O-])c1ccc(COc2ccc(-c3[nH]ncc3-c3nc4ccccc4s3)c(O)c2)cc1. The minimum absolute atomic E-state index is 0.0271. The van der Waals surface area contributed by atoms with E-state index in [1.165, 1.54) is 18.2 Å². The van der Waals surface area contributed by atoms with Crippen LogP contribution in [0.2, 0.25) is 0 Å². The fourth-order valence-corrected chi connectivity index (χ4v) is 4.32. The second-order valence-corrected chi connectivity index (χ2v) is 8.07. The lowest BCUT2D eigenvalue weighted by atomic mass is 10.1. The van der Waals surface area contributed by atoms with E-state index in [9.17, 15) is 15.2 Å². The van der Waals surface area contributed by atoms with Crippen LogP contribution in [-0.2, 0) is 6.61 Å². The first-order valence-electron chi connectivity index (χ1n) is 9.67. The summed E-state index contributed by atoms with van der Waals surface area (Å²) in [5, 5.41) is 29.3. The van der Waals surface area contributed by atoms with Gasteiger partial charge in [-0.1, -0.05) is 12.1 Å². The van der Waals surface area contributed by atoms with Crippen molar-refractivity contribution in [2.45, 2.75) is 6.61 Å². The zero-order valence-electron chi connectivity index (χ0n) is 16.6. The lowest BCUT2D eigenvalue weighted by Crippen LogP contribution is -1.96.